The van der Waals surface area contributed by atoms with E-state index in [9.17, 15) is 18.3 Å². The van der Waals surface area contributed by atoms with E-state index in [0.717, 1.165) is 12.8 Å². The van der Waals surface area contributed by atoms with Crippen LogP contribution in [0.5, 0.6) is 0 Å². The quantitative estimate of drug-likeness (QED) is 0.694. The molecule has 1 saturated heterocycles. The predicted octanol–water partition coefficient (Wildman–Crippen LogP) is 2.19. The Bertz CT molecular complexity index is 886. The minimum absolute atomic E-state index is 0.180. The Kier molecular flexibility index (Phi) is 6.20. The maximum atomic E-state index is 12.8. The number of sulfonamides is 1. The van der Waals surface area contributed by atoms with Crippen molar-refractivity contribution in [3.63, 3.8) is 0 Å². The molecule has 1 aliphatic rings. The molecule has 1 fully saturated rings. The third-order valence-electron chi connectivity index (χ3n) is 4.51. The summed E-state index contributed by atoms with van der Waals surface area (Å²) in [6, 6.07) is 12.8. The average molecular weight is 390 g/mol. The Balaban J connectivity index is 1.55. The third-order valence-corrected chi connectivity index (χ3v) is 6.40. The van der Waals surface area contributed by atoms with Gasteiger partial charge in [-0.25, -0.2) is 18.2 Å². The second-order valence-electron chi connectivity index (χ2n) is 6.39. The molecule has 1 aromatic carbocycles. The smallest absolute Gasteiger partial charge is 0.355 e. The number of hydrogen-bond acceptors (Lipinski definition) is 5. The average Bonchev–Trinajstić information content (AvgIpc) is 3.16. The molecule has 27 heavy (non-hydrogen) atoms. The molecule has 3 rings (SSSR count). The number of carboxylic acids is 1. The zero-order chi connectivity index (χ0) is 19.3. The molecule has 0 amide bonds. The van der Waals surface area contributed by atoms with Crippen LogP contribution in [-0.2, 0) is 21.2 Å². The Morgan fingerprint density at radius 3 is 2.74 bits per heavy atom. The third kappa shape index (κ3) is 4.71. The SMILES string of the molecule is O=C(O)c1ncccc1S(=O)(=O)N1CCC(OCCCc2ccccc2)C1. The molecule has 1 aliphatic heterocycles. The van der Waals surface area contributed by atoms with Crippen LogP contribution in [0.3, 0.4) is 0 Å². The van der Waals surface area contributed by atoms with Gasteiger partial charge in [0.1, 0.15) is 4.90 Å². The van der Waals surface area contributed by atoms with Crippen LogP contribution in [0.15, 0.2) is 53.6 Å². The van der Waals surface area contributed by atoms with Gasteiger partial charge in [0, 0.05) is 25.9 Å². The number of aryl methyl sites for hydroxylation is 1. The minimum atomic E-state index is -3.91. The van der Waals surface area contributed by atoms with Crippen molar-refractivity contribution in [2.75, 3.05) is 19.7 Å². The number of nitrogens with zero attached hydrogens (tertiary/aromatic N) is 2. The van der Waals surface area contributed by atoms with E-state index in [4.69, 9.17) is 4.74 Å². The zero-order valence-corrected chi connectivity index (χ0v) is 15.6. The van der Waals surface area contributed by atoms with Crippen LogP contribution in [0.2, 0.25) is 0 Å². The van der Waals surface area contributed by atoms with Gasteiger partial charge in [-0.2, -0.15) is 4.31 Å². The van der Waals surface area contributed by atoms with Gasteiger partial charge in [-0.15, -0.1) is 0 Å². The molecule has 7 nitrogen and oxygen atoms in total. The van der Waals surface area contributed by atoms with E-state index < -0.39 is 21.7 Å². The van der Waals surface area contributed by atoms with Crippen LogP contribution in [0, 0.1) is 0 Å². The molecule has 144 valence electrons. The zero-order valence-electron chi connectivity index (χ0n) is 14.8. The summed E-state index contributed by atoms with van der Waals surface area (Å²) in [5.41, 5.74) is 0.791. The summed E-state index contributed by atoms with van der Waals surface area (Å²) in [5.74, 6) is -1.36. The Morgan fingerprint density at radius 2 is 2.00 bits per heavy atom. The largest absolute Gasteiger partial charge is 0.476 e. The molecule has 1 aromatic heterocycles. The fourth-order valence-electron chi connectivity index (χ4n) is 3.12. The van der Waals surface area contributed by atoms with Gasteiger partial charge in [0.25, 0.3) is 0 Å². The predicted molar refractivity (Wildman–Crippen MR) is 99.1 cm³/mol. The molecule has 0 radical (unpaired) electrons. The van der Waals surface area contributed by atoms with Crippen molar-refractivity contribution >= 4 is 16.0 Å². The molecule has 1 unspecified atom stereocenters. The van der Waals surface area contributed by atoms with Crippen LogP contribution < -0.4 is 0 Å². The molecule has 1 atom stereocenters. The number of carbonyl (C=O) groups is 1. The Morgan fingerprint density at radius 1 is 1.22 bits per heavy atom. The first-order chi connectivity index (χ1) is 13.0. The number of ether oxygens (including phenoxy) is 1. The normalized spacial score (nSPS) is 17.9. The van der Waals surface area contributed by atoms with Crippen molar-refractivity contribution in [3.8, 4) is 0 Å². The second kappa shape index (κ2) is 8.60. The molecule has 0 aliphatic carbocycles. The molecule has 1 N–H and O–H groups in total. The fraction of sp³-hybridized carbons (Fsp3) is 0.368. The van der Waals surface area contributed by atoms with E-state index in [1.165, 1.54) is 28.2 Å². The monoisotopic (exact) mass is 390 g/mol. The van der Waals surface area contributed by atoms with Crippen LogP contribution in [-0.4, -0.2) is 54.6 Å². The topological polar surface area (TPSA) is 96.8 Å². The van der Waals surface area contributed by atoms with Crippen LogP contribution in [0.25, 0.3) is 0 Å². The van der Waals surface area contributed by atoms with Crippen LogP contribution in [0.1, 0.15) is 28.9 Å². The van der Waals surface area contributed by atoms with Gasteiger partial charge in [0.15, 0.2) is 5.69 Å². The fourth-order valence-corrected chi connectivity index (χ4v) is 4.74. The maximum absolute atomic E-state index is 12.8. The lowest BCUT2D eigenvalue weighted by atomic mass is 10.1. The lowest BCUT2D eigenvalue weighted by molar-refractivity contribution is 0.0621. The van der Waals surface area contributed by atoms with E-state index in [-0.39, 0.29) is 17.5 Å². The van der Waals surface area contributed by atoms with E-state index in [0.29, 0.717) is 19.6 Å². The van der Waals surface area contributed by atoms with Gasteiger partial charge >= 0.3 is 5.97 Å². The highest BCUT2D eigenvalue weighted by Gasteiger charge is 2.35. The summed E-state index contributed by atoms with van der Waals surface area (Å²) >= 11 is 0. The van der Waals surface area contributed by atoms with Crippen molar-refractivity contribution < 1.29 is 23.1 Å². The number of rotatable bonds is 8. The first-order valence-corrected chi connectivity index (χ1v) is 10.3. The van der Waals surface area contributed by atoms with E-state index in [2.05, 4.69) is 17.1 Å². The standard InChI is InChI=1S/C19H22N2O5S/c22-19(23)18-17(9-4-11-20-18)27(24,25)21-12-10-16(14-21)26-13-5-8-15-6-2-1-3-7-15/h1-4,6-7,9,11,16H,5,8,10,12-14H2,(H,22,23). The van der Waals surface area contributed by atoms with E-state index >= 15 is 0 Å². The van der Waals surface area contributed by atoms with Crippen molar-refractivity contribution in [1.82, 2.24) is 9.29 Å². The molecule has 2 aromatic rings. The van der Waals surface area contributed by atoms with Crippen molar-refractivity contribution in [2.24, 2.45) is 0 Å². The van der Waals surface area contributed by atoms with Crippen molar-refractivity contribution in [3.05, 3.63) is 59.9 Å². The summed E-state index contributed by atoms with van der Waals surface area (Å²) in [4.78, 5) is 14.7. The summed E-state index contributed by atoms with van der Waals surface area (Å²) in [7, 11) is -3.91. The molecule has 8 heteroatoms. The van der Waals surface area contributed by atoms with Gasteiger partial charge in [0.2, 0.25) is 10.0 Å². The number of benzene rings is 1. The maximum Gasteiger partial charge on any atom is 0.355 e. The highest BCUT2D eigenvalue weighted by Crippen LogP contribution is 2.24. The molecular weight excluding hydrogens is 368 g/mol. The molecular formula is C19H22N2O5S. The van der Waals surface area contributed by atoms with Gasteiger partial charge < -0.3 is 9.84 Å². The Hall–Kier alpha value is -2.29. The van der Waals surface area contributed by atoms with Gasteiger partial charge in [-0.1, -0.05) is 30.3 Å². The molecule has 0 saturated carbocycles. The minimum Gasteiger partial charge on any atom is -0.476 e. The Labute approximate surface area is 158 Å². The van der Waals surface area contributed by atoms with Crippen LogP contribution in [0.4, 0.5) is 0 Å². The molecule has 0 spiro atoms. The van der Waals surface area contributed by atoms with Gasteiger partial charge in [-0.3, -0.25) is 0 Å². The summed E-state index contributed by atoms with van der Waals surface area (Å²) in [6.07, 6.45) is 3.45. The van der Waals surface area contributed by atoms with Crippen molar-refractivity contribution in [1.29, 1.82) is 0 Å². The summed E-state index contributed by atoms with van der Waals surface area (Å²) < 4.78 is 32.7. The first kappa shape index (κ1) is 19.5. The summed E-state index contributed by atoms with van der Waals surface area (Å²) in [5, 5.41) is 9.19. The molecule has 0 bridgehead atoms. The number of carboxylic acid groups (broad SMARTS) is 1. The highest BCUT2D eigenvalue weighted by atomic mass is 32.2. The first-order valence-electron chi connectivity index (χ1n) is 8.82. The lowest BCUT2D eigenvalue weighted by Gasteiger charge is -2.17. The van der Waals surface area contributed by atoms with Crippen molar-refractivity contribution in [2.45, 2.75) is 30.3 Å². The lowest BCUT2D eigenvalue weighted by Crippen LogP contribution is -2.31. The highest BCUT2D eigenvalue weighted by molar-refractivity contribution is 7.89. The second-order valence-corrected chi connectivity index (χ2v) is 8.30. The van der Waals surface area contributed by atoms with Crippen LogP contribution >= 0.6 is 0 Å². The number of aromatic nitrogens is 1. The number of aromatic carboxylic acids is 1. The molecule has 2 heterocycles. The van der Waals surface area contributed by atoms with Gasteiger partial charge in [-0.05, 0) is 37.0 Å². The van der Waals surface area contributed by atoms with Gasteiger partial charge in [0.05, 0.1) is 6.10 Å². The number of pyridine rings is 1. The van der Waals surface area contributed by atoms with E-state index in [1.807, 2.05) is 18.2 Å². The van der Waals surface area contributed by atoms with E-state index in [1.54, 1.807) is 0 Å². The summed E-state index contributed by atoms with van der Waals surface area (Å²) in [6.45, 7) is 1.09. The number of hydrogen-bond donors (Lipinski definition) is 1.